The van der Waals surface area contributed by atoms with Crippen LogP contribution < -0.4 is 10.6 Å². The van der Waals surface area contributed by atoms with Gasteiger partial charge in [0.05, 0.1) is 0 Å². The number of nitrogens with one attached hydrogen (secondary N) is 2. The van der Waals surface area contributed by atoms with Crippen molar-refractivity contribution >= 4 is 5.91 Å². The summed E-state index contributed by atoms with van der Waals surface area (Å²) < 4.78 is 0. The lowest BCUT2D eigenvalue weighted by atomic mass is 10.1. The molecule has 1 aliphatic rings. The first-order valence-corrected chi connectivity index (χ1v) is 4.27. The van der Waals surface area contributed by atoms with Crippen molar-refractivity contribution in [3.8, 4) is 11.8 Å². The smallest absolute Gasteiger partial charge is 0.296 e. The van der Waals surface area contributed by atoms with Crippen molar-refractivity contribution in [1.29, 1.82) is 0 Å². The average molecular weight is 166 g/mol. The van der Waals surface area contributed by atoms with Gasteiger partial charge in [-0.2, -0.15) is 0 Å². The van der Waals surface area contributed by atoms with Crippen molar-refractivity contribution in [3.63, 3.8) is 0 Å². The minimum Gasteiger partial charge on any atom is -0.341 e. The molecule has 1 unspecified atom stereocenters. The first-order valence-electron chi connectivity index (χ1n) is 4.27. The summed E-state index contributed by atoms with van der Waals surface area (Å²) in [6, 6.07) is 0.270. The molecule has 0 spiro atoms. The highest BCUT2D eigenvalue weighted by molar-refractivity contribution is 5.93. The van der Waals surface area contributed by atoms with Crippen LogP contribution in [0.1, 0.15) is 19.8 Å². The summed E-state index contributed by atoms with van der Waals surface area (Å²) in [6.45, 7) is 3.60. The number of carbonyl (C=O) groups excluding carboxylic acids is 1. The van der Waals surface area contributed by atoms with Gasteiger partial charge in [0.25, 0.3) is 5.91 Å². The van der Waals surface area contributed by atoms with Crippen molar-refractivity contribution < 1.29 is 4.79 Å². The Morgan fingerprint density at radius 1 is 1.67 bits per heavy atom. The topological polar surface area (TPSA) is 41.1 Å². The van der Waals surface area contributed by atoms with E-state index in [1.165, 1.54) is 0 Å². The van der Waals surface area contributed by atoms with Gasteiger partial charge in [0.1, 0.15) is 0 Å². The molecule has 3 nitrogen and oxygen atoms in total. The van der Waals surface area contributed by atoms with Gasteiger partial charge < -0.3 is 10.6 Å². The summed E-state index contributed by atoms with van der Waals surface area (Å²) in [7, 11) is 0. The largest absolute Gasteiger partial charge is 0.341 e. The van der Waals surface area contributed by atoms with Crippen LogP contribution in [0, 0.1) is 11.8 Å². The van der Waals surface area contributed by atoms with E-state index in [-0.39, 0.29) is 11.9 Å². The van der Waals surface area contributed by atoms with Crippen LogP contribution in [-0.4, -0.2) is 25.0 Å². The number of hydrogen-bond donors (Lipinski definition) is 2. The third-order valence-electron chi connectivity index (χ3n) is 1.87. The summed E-state index contributed by atoms with van der Waals surface area (Å²) in [6.07, 6.45) is 2.19. The Morgan fingerprint density at radius 2 is 2.50 bits per heavy atom. The number of piperidine rings is 1. The molecule has 0 radical (unpaired) electrons. The van der Waals surface area contributed by atoms with E-state index in [4.69, 9.17) is 0 Å². The molecular formula is C9H14N2O. The molecule has 0 saturated carbocycles. The molecule has 1 amide bonds. The van der Waals surface area contributed by atoms with Crippen LogP contribution in [-0.2, 0) is 4.79 Å². The Kier molecular flexibility index (Phi) is 3.62. The molecule has 1 aliphatic heterocycles. The zero-order valence-electron chi connectivity index (χ0n) is 7.31. The van der Waals surface area contributed by atoms with E-state index in [0.29, 0.717) is 0 Å². The fourth-order valence-electron chi connectivity index (χ4n) is 1.31. The molecule has 12 heavy (non-hydrogen) atoms. The van der Waals surface area contributed by atoms with Crippen molar-refractivity contribution in [3.05, 3.63) is 0 Å². The zero-order valence-corrected chi connectivity index (χ0v) is 7.31. The van der Waals surface area contributed by atoms with Gasteiger partial charge >= 0.3 is 0 Å². The highest BCUT2D eigenvalue weighted by Gasteiger charge is 2.13. The van der Waals surface area contributed by atoms with E-state index in [0.717, 1.165) is 25.9 Å². The van der Waals surface area contributed by atoms with E-state index in [1.807, 2.05) is 0 Å². The molecule has 66 valence electrons. The van der Waals surface area contributed by atoms with Gasteiger partial charge in [-0.15, -0.1) is 0 Å². The van der Waals surface area contributed by atoms with Crippen LogP contribution in [0.4, 0.5) is 0 Å². The fraction of sp³-hybridized carbons (Fsp3) is 0.667. The number of hydrogen-bond acceptors (Lipinski definition) is 2. The monoisotopic (exact) mass is 166 g/mol. The lowest BCUT2D eigenvalue weighted by molar-refractivity contribution is -0.116. The zero-order chi connectivity index (χ0) is 8.81. The quantitative estimate of drug-likeness (QED) is 0.533. The summed E-state index contributed by atoms with van der Waals surface area (Å²) in [5, 5.41) is 6.06. The van der Waals surface area contributed by atoms with Crippen molar-refractivity contribution in [2.24, 2.45) is 0 Å². The van der Waals surface area contributed by atoms with Crippen LogP contribution in [0.2, 0.25) is 0 Å². The van der Waals surface area contributed by atoms with Gasteiger partial charge in [-0.1, -0.05) is 5.92 Å². The van der Waals surface area contributed by atoms with E-state index in [1.54, 1.807) is 6.92 Å². The summed E-state index contributed by atoms with van der Waals surface area (Å²) in [5.74, 6) is 4.88. The Hall–Kier alpha value is -1.01. The highest BCUT2D eigenvalue weighted by Crippen LogP contribution is 2.00. The Bertz CT molecular complexity index is 208. The van der Waals surface area contributed by atoms with Crippen LogP contribution in [0.5, 0.6) is 0 Å². The molecule has 0 aromatic carbocycles. The number of rotatable bonds is 1. The highest BCUT2D eigenvalue weighted by atomic mass is 16.1. The first-order chi connectivity index (χ1) is 5.83. The van der Waals surface area contributed by atoms with Crippen LogP contribution in [0.3, 0.4) is 0 Å². The molecule has 3 heteroatoms. The Balaban J connectivity index is 2.27. The second-order valence-corrected chi connectivity index (χ2v) is 2.89. The lowest BCUT2D eigenvalue weighted by Gasteiger charge is -2.22. The number of carbonyl (C=O) groups is 1. The minimum absolute atomic E-state index is 0.161. The Morgan fingerprint density at radius 3 is 3.08 bits per heavy atom. The third kappa shape index (κ3) is 2.93. The maximum absolute atomic E-state index is 11.0. The first kappa shape index (κ1) is 9.08. The van der Waals surface area contributed by atoms with Gasteiger partial charge in [0.2, 0.25) is 0 Å². The van der Waals surface area contributed by atoms with Gasteiger partial charge in [0.15, 0.2) is 0 Å². The molecule has 0 bridgehead atoms. The van der Waals surface area contributed by atoms with E-state index >= 15 is 0 Å². The molecule has 1 atom stereocenters. The predicted octanol–water partition coefficient (Wildman–Crippen LogP) is -0.122. The van der Waals surface area contributed by atoms with Gasteiger partial charge in [-0.05, 0) is 32.2 Å². The summed E-state index contributed by atoms with van der Waals surface area (Å²) >= 11 is 0. The van der Waals surface area contributed by atoms with Crippen LogP contribution in [0.25, 0.3) is 0 Å². The van der Waals surface area contributed by atoms with Crippen molar-refractivity contribution in [2.75, 3.05) is 13.1 Å². The van der Waals surface area contributed by atoms with Crippen LogP contribution in [0.15, 0.2) is 0 Å². The molecule has 2 N–H and O–H groups in total. The SMILES string of the molecule is CC#CC(=O)NC1CCCNC1. The van der Waals surface area contributed by atoms with Gasteiger partial charge in [-0.3, -0.25) is 4.79 Å². The van der Waals surface area contributed by atoms with Gasteiger partial charge in [-0.25, -0.2) is 0 Å². The van der Waals surface area contributed by atoms with E-state index in [9.17, 15) is 4.79 Å². The molecule has 1 rings (SSSR count). The maximum Gasteiger partial charge on any atom is 0.296 e. The normalized spacial score (nSPS) is 22.2. The second-order valence-electron chi connectivity index (χ2n) is 2.89. The summed E-state index contributed by atoms with van der Waals surface area (Å²) in [5.41, 5.74) is 0. The van der Waals surface area contributed by atoms with E-state index < -0.39 is 0 Å². The molecular weight excluding hydrogens is 152 g/mol. The molecule has 0 aromatic rings. The molecule has 1 saturated heterocycles. The van der Waals surface area contributed by atoms with Gasteiger partial charge in [0, 0.05) is 12.6 Å². The van der Waals surface area contributed by atoms with Crippen molar-refractivity contribution in [2.45, 2.75) is 25.8 Å². The second kappa shape index (κ2) is 4.78. The lowest BCUT2D eigenvalue weighted by Crippen LogP contribution is -2.45. The van der Waals surface area contributed by atoms with Crippen LogP contribution >= 0.6 is 0 Å². The summed E-state index contributed by atoms with van der Waals surface area (Å²) in [4.78, 5) is 11.0. The molecule has 0 aliphatic carbocycles. The third-order valence-corrected chi connectivity index (χ3v) is 1.87. The maximum atomic E-state index is 11.0. The predicted molar refractivity (Wildman–Crippen MR) is 47.5 cm³/mol. The fourth-order valence-corrected chi connectivity index (χ4v) is 1.31. The molecule has 1 heterocycles. The minimum atomic E-state index is -0.161. The Labute approximate surface area is 72.9 Å². The molecule has 1 fully saturated rings. The standard InChI is InChI=1S/C9H14N2O/c1-2-4-9(12)11-8-5-3-6-10-7-8/h8,10H,3,5-7H2,1H3,(H,11,12). The number of amides is 1. The van der Waals surface area contributed by atoms with E-state index in [2.05, 4.69) is 22.5 Å². The van der Waals surface area contributed by atoms with Crippen molar-refractivity contribution in [1.82, 2.24) is 10.6 Å². The molecule has 0 aromatic heterocycles. The average Bonchev–Trinajstić information content (AvgIpc) is 2.06.